The molecule has 0 saturated carbocycles. The zero-order valence-electron chi connectivity index (χ0n) is 20.5. The van der Waals surface area contributed by atoms with Gasteiger partial charge in [0, 0.05) is 24.2 Å². The topological polar surface area (TPSA) is 75.4 Å². The number of piperazine rings is 1. The van der Waals surface area contributed by atoms with Gasteiger partial charge in [-0.25, -0.2) is 4.39 Å². The lowest BCUT2D eigenvalue weighted by Crippen LogP contribution is -2.57. The number of carbonyl (C=O) groups excluding carboxylic acids is 2. The average molecular weight is 468 g/mol. The Labute approximate surface area is 201 Å². The van der Waals surface area contributed by atoms with Crippen LogP contribution in [0.25, 0.3) is 11.3 Å². The second-order valence-electron chi connectivity index (χ2n) is 8.89. The first-order valence-corrected chi connectivity index (χ1v) is 11.4. The Morgan fingerprint density at radius 2 is 1.82 bits per heavy atom. The van der Waals surface area contributed by atoms with Crippen molar-refractivity contribution in [3.05, 3.63) is 77.7 Å². The number of rotatable bonds is 4. The van der Waals surface area contributed by atoms with Crippen molar-refractivity contribution in [3.8, 4) is 11.3 Å². The molecule has 182 valence electrons. The van der Waals surface area contributed by atoms with Gasteiger partial charge in [0.25, 0.3) is 0 Å². The fraction of sp³-hybridized carbons (Fsp3) is 0.370. The van der Waals surface area contributed by atoms with Crippen molar-refractivity contribution < 1.29 is 18.5 Å². The van der Waals surface area contributed by atoms with E-state index in [-0.39, 0.29) is 23.5 Å². The van der Waals surface area contributed by atoms with Crippen LogP contribution in [0.15, 0.2) is 65.2 Å². The lowest BCUT2D eigenvalue weighted by Gasteiger charge is -2.36. The minimum atomic E-state index is -0.316. The molecule has 2 aromatic carbocycles. The van der Waals surface area contributed by atoms with Crippen molar-refractivity contribution in [2.75, 3.05) is 13.6 Å². The molecule has 0 spiro atoms. The molecule has 2 heterocycles. The van der Waals surface area contributed by atoms with E-state index in [1.165, 1.54) is 23.8 Å². The molecule has 0 radical (unpaired) electrons. The zero-order chi connectivity index (χ0) is 25.1. The first-order chi connectivity index (χ1) is 16.2. The number of hydrogen-bond acceptors (Lipinski definition) is 5. The molecule has 34 heavy (non-hydrogen) atoms. The quantitative estimate of drug-likeness (QED) is 0.538. The van der Waals surface area contributed by atoms with Crippen LogP contribution in [0, 0.1) is 18.7 Å². The number of benzene rings is 2. The van der Waals surface area contributed by atoms with Crippen molar-refractivity contribution >= 4 is 12.2 Å². The zero-order valence-corrected chi connectivity index (χ0v) is 20.5. The fourth-order valence-corrected chi connectivity index (χ4v) is 3.51. The van der Waals surface area contributed by atoms with Crippen molar-refractivity contribution in [1.29, 1.82) is 0 Å². The summed E-state index contributed by atoms with van der Waals surface area (Å²) in [6, 6.07) is 17.9. The third-order valence-corrected chi connectivity index (χ3v) is 5.20. The maximum absolute atomic E-state index is 12.6. The molecule has 1 aromatic heterocycles. The number of amides is 1. The maximum Gasteiger partial charge on any atom is 0.237 e. The van der Waals surface area contributed by atoms with E-state index >= 15 is 0 Å². The van der Waals surface area contributed by atoms with Crippen LogP contribution in [0.1, 0.15) is 43.2 Å². The molecule has 2 atom stereocenters. The Morgan fingerprint density at radius 1 is 1.18 bits per heavy atom. The number of aromatic nitrogens is 1. The van der Waals surface area contributed by atoms with Gasteiger partial charge >= 0.3 is 0 Å². The van der Waals surface area contributed by atoms with Gasteiger partial charge in [0.2, 0.25) is 5.91 Å². The first kappa shape index (κ1) is 26.9. The van der Waals surface area contributed by atoms with Crippen molar-refractivity contribution in [2.45, 2.75) is 46.2 Å². The van der Waals surface area contributed by atoms with Gasteiger partial charge in [-0.3, -0.25) is 14.5 Å². The molecule has 2 unspecified atom stereocenters. The van der Waals surface area contributed by atoms with Gasteiger partial charge in [-0.05, 0) is 57.5 Å². The molecule has 1 fully saturated rings. The number of nitrogens with zero attached hydrogens (tertiary/aromatic N) is 2. The van der Waals surface area contributed by atoms with E-state index in [9.17, 15) is 14.0 Å². The van der Waals surface area contributed by atoms with E-state index in [1.54, 1.807) is 12.1 Å². The van der Waals surface area contributed by atoms with Gasteiger partial charge in [0.15, 0.2) is 12.0 Å². The second kappa shape index (κ2) is 13.4. The molecular formula is C27H34FN3O3. The predicted molar refractivity (Wildman–Crippen MR) is 132 cm³/mol. The lowest BCUT2D eigenvalue weighted by molar-refractivity contribution is -0.130. The smallest absolute Gasteiger partial charge is 0.237 e. The van der Waals surface area contributed by atoms with Crippen molar-refractivity contribution in [2.24, 2.45) is 5.92 Å². The molecule has 1 aliphatic heterocycles. The second-order valence-corrected chi connectivity index (χ2v) is 8.89. The molecule has 3 aromatic rings. The van der Waals surface area contributed by atoms with Crippen LogP contribution in [0.4, 0.5) is 4.39 Å². The largest absolute Gasteiger partial charge is 0.356 e. The standard InChI is InChI=1S/C10H6FNO2.C10H20N2O.C7H8/c11-8-3-1-7(2-4-8)10-5-9(6-13)12-14-10;1-7(2)5-9-10(13)11-8(3)6-12(9)4;1-7-5-3-2-4-6-7/h1-6H;7-9H,5-6H2,1-4H3,(H,11,13);2-6H,1H3. The van der Waals surface area contributed by atoms with Gasteiger partial charge in [-0.15, -0.1) is 0 Å². The Hall–Kier alpha value is -3.32. The van der Waals surface area contributed by atoms with Crippen LogP contribution in [0.5, 0.6) is 0 Å². The Bertz CT molecular complexity index is 1020. The third kappa shape index (κ3) is 8.90. The molecule has 4 rings (SSSR count). The Morgan fingerprint density at radius 3 is 2.29 bits per heavy atom. The van der Waals surface area contributed by atoms with Crippen LogP contribution >= 0.6 is 0 Å². The van der Waals surface area contributed by atoms with E-state index in [0.29, 0.717) is 29.6 Å². The molecular weight excluding hydrogens is 433 g/mol. The average Bonchev–Trinajstić information content (AvgIpc) is 3.27. The monoisotopic (exact) mass is 467 g/mol. The van der Waals surface area contributed by atoms with Crippen LogP contribution < -0.4 is 5.32 Å². The molecule has 1 amide bonds. The Kier molecular flexibility index (Phi) is 10.6. The van der Waals surface area contributed by atoms with Crippen molar-refractivity contribution in [3.63, 3.8) is 0 Å². The summed E-state index contributed by atoms with van der Waals surface area (Å²) in [7, 11) is 2.03. The number of hydrogen-bond donors (Lipinski definition) is 1. The highest BCUT2D eigenvalue weighted by Crippen LogP contribution is 2.19. The van der Waals surface area contributed by atoms with E-state index in [2.05, 4.69) is 48.3 Å². The molecule has 6 nitrogen and oxygen atoms in total. The summed E-state index contributed by atoms with van der Waals surface area (Å²) in [5.41, 5.74) is 2.24. The van der Waals surface area contributed by atoms with Gasteiger partial charge in [-0.2, -0.15) is 0 Å². The van der Waals surface area contributed by atoms with Crippen LogP contribution in [-0.2, 0) is 4.79 Å². The predicted octanol–water partition coefficient (Wildman–Crippen LogP) is 5.14. The van der Waals surface area contributed by atoms with E-state index in [4.69, 9.17) is 4.52 Å². The minimum absolute atomic E-state index is 0.0798. The molecule has 1 saturated heterocycles. The number of nitrogens with one attached hydrogen (secondary N) is 1. The highest BCUT2D eigenvalue weighted by Gasteiger charge is 2.30. The highest BCUT2D eigenvalue weighted by molar-refractivity contribution is 5.82. The lowest BCUT2D eigenvalue weighted by atomic mass is 9.99. The summed E-state index contributed by atoms with van der Waals surface area (Å²) in [6.45, 7) is 9.39. The maximum atomic E-state index is 12.6. The van der Waals surface area contributed by atoms with Gasteiger partial charge in [0.1, 0.15) is 11.5 Å². The first-order valence-electron chi connectivity index (χ1n) is 11.4. The van der Waals surface area contributed by atoms with E-state index < -0.39 is 0 Å². The fourth-order valence-electron chi connectivity index (χ4n) is 3.51. The summed E-state index contributed by atoms with van der Waals surface area (Å²) in [4.78, 5) is 24.1. The van der Waals surface area contributed by atoms with Gasteiger partial charge in [0.05, 0.1) is 6.04 Å². The summed E-state index contributed by atoms with van der Waals surface area (Å²) in [5, 5.41) is 6.48. The Balaban J connectivity index is 0.000000190. The summed E-state index contributed by atoms with van der Waals surface area (Å²) >= 11 is 0. The van der Waals surface area contributed by atoms with Crippen LogP contribution in [-0.4, -0.2) is 47.9 Å². The summed E-state index contributed by atoms with van der Waals surface area (Å²) in [5.74, 6) is 0.900. The number of halogens is 1. The van der Waals surface area contributed by atoms with Gasteiger partial charge in [-0.1, -0.05) is 54.9 Å². The minimum Gasteiger partial charge on any atom is -0.356 e. The third-order valence-electron chi connectivity index (χ3n) is 5.20. The van der Waals surface area contributed by atoms with Crippen LogP contribution in [0.3, 0.4) is 0 Å². The molecule has 7 heteroatoms. The molecule has 0 aliphatic carbocycles. The number of aryl methyl sites for hydroxylation is 1. The summed E-state index contributed by atoms with van der Waals surface area (Å²) in [6.07, 6.45) is 1.55. The normalized spacial score (nSPS) is 17.7. The SMILES string of the molecule is CC(C)CC1C(=O)NC(C)CN1C.Cc1ccccc1.O=Cc1cc(-c2ccc(F)cc2)on1. The number of aldehydes is 1. The highest BCUT2D eigenvalue weighted by atomic mass is 19.1. The molecule has 1 N–H and O–H groups in total. The molecule has 1 aliphatic rings. The molecule has 0 bridgehead atoms. The van der Waals surface area contributed by atoms with E-state index in [0.717, 1.165) is 13.0 Å². The number of likely N-dealkylation sites (N-methyl/N-ethyl adjacent to an activating group) is 1. The van der Waals surface area contributed by atoms with Crippen LogP contribution in [0.2, 0.25) is 0 Å². The van der Waals surface area contributed by atoms with Crippen molar-refractivity contribution in [1.82, 2.24) is 15.4 Å². The summed E-state index contributed by atoms with van der Waals surface area (Å²) < 4.78 is 17.4. The number of carbonyl (C=O) groups is 2. The van der Waals surface area contributed by atoms with E-state index in [1.807, 2.05) is 32.2 Å². The van der Waals surface area contributed by atoms with Gasteiger partial charge < -0.3 is 9.84 Å².